The highest BCUT2D eigenvalue weighted by atomic mass is 79.9. The van der Waals surface area contributed by atoms with E-state index in [2.05, 4.69) is 28.2 Å². The lowest BCUT2D eigenvalue weighted by molar-refractivity contribution is 0.0821. The molecule has 5 rings (SSSR count). The lowest BCUT2D eigenvalue weighted by Gasteiger charge is -2.38. The third-order valence-electron chi connectivity index (χ3n) is 7.60. The van der Waals surface area contributed by atoms with Crippen molar-refractivity contribution in [3.05, 3.63) is 114 Å². The first kappa shape index (κ1) is 32.7. The van der Waals surface area contributed by atoms with Gasteiger partial charge in [-0.3, -0.25) is 0 Å². The maximum atomic E-state index is 14.5. The highest BCUT2D eigenvalue weighted by molar-refractivity contribution is 9.09. The molecule has 5 nitrogen and oxygen atoms in total. The van der Waals surface area contributed by atoms with Crippen LogP contribution in [0.15, 0.2) is 103 Å². The Hall–Kier alpha value is -3.20. The molecule has 43 heavy (non-hydrogen) atoms. The van der Waals surface area contributed by atoms with Gasteiger partial charge in [-0.15, -0.1) is 0 Å². The van der Waals surface area contributed by atoms with E-state index < -0.39 is 22.1 Å². The zero-order valence-electron chi connectivity index (χ0n) is 24.6. The maximum absolute atomic E-state index is 14.5. The van der Waals surface area contributed by atoms with Crippen molar-refractivity contribution in [2.24, 2.45) is 5.92 Å². The molecule has 3 aromatic rings. The van der Waals surface area contributed by atoms with Crippen LogP contribution in [0, 0.1) is 11.7 Å². The third-order valence-corrected chi connectivity index (χ3v) is 8.54. The maximum Gasteiger partial charge on any atom is 0.176 e. The molecule has 0 aromatic heterocycles. The summed E-state index contributed by atoms with van der Waals surface area (Å²) in [5, 5.41) is 13.1. The van der Waals surface area contributed by atoms with Crippen molar-refractivity contribution < 1.29 is 28.1 Å². The summed E-state index contributed by atoms with van der Waals surface area (Å²) in [5.41, 5.74) is -0.977. The molecule has 0 amide bonds. The SMILES string of the molecule is CCCCC(O)[C@@H]1CCCNC1.COC1=C[C@](Oc2ccccc2)(c2cc(F)ccc2Oc2ccccc2)C(Br)C=C1F. The molecule has 2 aliphatic rings. The molecule has 0 saturated carbocycles. The number of ether oxygens (including phenoxy) is 3. The van der Waals surface area contributed by atoms with E-state index in [-0.39, 0.29) is 11.9 Å². The van der Waals surface area contributed by atoms with Crippen molar-refractivity contribution in [2.75, 3.05) is 20.2 Å². The molecule has 1 heterocycles. The minimum atomic E-state index is -1.35. The Kier molecular flexibility index (Phi) is 12.2. The number of unbranched alkanes of at least 4 members (excludes halogenated alkanes) is 1. The normalized spacial score (nSPS) is 22.3. The van der Waals surface area contributed by atoms with Gasteiger partial charge in [0.05, 0.1) is 18.0 Å². The van der Waals surface area contributed by atoms with Crippen LogP contribution in [-0.2, 0) is 10.3 Å². The smallest absolute Gasteiger partial charge is 0.176 e. The zero-order chi connectivity index (χ0) is 30.7. The molecule has 0 bridgehead atoms. The van der Waals surface area contributed by atoms with Crippen LogP contribution in [-0.4, -0.2) is 36.2 Å². The number of para-hydroxylation sites is 2. The fourth-order valence-electron chi connectivity index (χ4n) is 5.25. The molecular weight excluding hydrogens is 616 g/mol. The molecular formula is C35H40BrF2NO4. The second-order valence-electron chi connectivity index (χ2n) is 10.7. The molecule has 0 spiro atoms. The van der Waals surface area contributed by atoms with E-state index in [0.717, 1.165) is 25.9 Å². The topological polar surface area (TPSA) is 60.0 Å². The number of aliphatic hydroxyl groups excluding tert-OH is 1. The van der Waals surface area contributed by atoms with Gasteiger partial charge in [-0.1, -0.05) is 72.1 Å². The third kappa shape index (κ3) is 8.68. The van der Waals surface area contributed by atoms with E-state index in [4.69, 9.17) is 14.2 Å². The number of nitrogens with one attached hydrogen (secondary N) is 1. The number of hydrogen-bond donors (Lipinski definition) is 2. The van der Waals surface area contributed by atoms with Crippen molar-refractivity contribution in [3.8, 4) is 17.2 Å². The van der Waals surface area contributed by atoms with Crippen LogP contribution in [0.1, 0.15) is 44.6 Å². The van der Waals surface area contributed by atoms with Gasteiger partial charge in [0.1, 0.15) is 23.1 Å². The number of hydrogen-bond acceptors (Lipinski definition) is 5. The van der Waals surface area contributed by atoms with Gasteiger partial charge in [-0.25, -0.2) is 8.78 Å². The first-order valence-corrected chi connectivity index (χ1v) is 15.7. The van der Waals surface area contributed by atoms with Crippen LogP contribution >= 0.6 is 15.9 Å². The summed E-state index contributed by atoms with van der Waals surface area (Å²) in [7, 11) is 1.37. The molecule has 2 unspecified atom stereocenters. The van der Waals surface area contributed by atoms with Gasteiger partial charge in [0.25, 0.3) is 0 Å². The molecule has 1 fully saturated rings. The summed E-state index contributed by atoms with van der Waals surface area (Å²) in [6.07, 6.45) is 8.56. The number of allylic oxidation sites excluding steroid dienone is 1. The van der Waals surface area contributed by atoms with E-state index >= 15 is 0 Å². The summed E-state index contributed by atoms with van der Waals surface area (Å²) in [5.74, 6) is 0.948. The Balaban J connectivity index is 0.000000296. The number of rotatable bonds is 10. The summed E-state index contributed by atoms with van der Waals surface area (Å²) < 4.78 is 46.7. The second-order valence-corrected chi connectivity index (χ2v) is 11.7. The highest BCUT2D eigenvalue weighted by Crippen LogP contribution is 2.47. The number of methoxy groups -OCH3 is 1. The van der Waals surface area contributed by atoms with Crippen LogP contribution < -0.4 is 14.8 Å². The average Bonchev–Trinajstić information content (AvgIpc) is 3.04. The first-order valence-electron chi connectivity index (χ1n) is 14.8. The molecule has 3 aromatic carbocycles. The number of alkyl halides is 1. The Bertz CT molecular complexity index is 1350. The molecule has 230 valence electrons. The van der Waals surface area contributed by atoms with Crippen LogP contribution in [0.3, 0.4) is 0 Å². The lowest BCUT2D eigenvalue weighted by atomic mass is 9.85. The minimum Gasteiger partial charge on any atom is -0.494 e. The van der Waals surface area contributed by atoms with Crippen molar-refractivity contribution in [2.45, 2.75) is 55.6 Å². The predicted octanol–water partition coefficient (Wildman–Crippen LogP) is 8.59. The van der Waals surface area contributed by atoms with E-state index in [1.807, 2.05) is 36.4 Å². The number of benzene rings is 3. The minimum absolute atomic E-state index is 0.0125. The fourth-order valence-corrected chi connectivity index (χ4v) is 5.96. The Morgan fingerprint density at radius 3 is 2.35 bits per heavy atom. The van der Waals surface area contributed by atoms with Crippen molar-refractivity contribution in [1.29, 1.82) is 0 Å². The lowest BCUT2D eigenvalue weighted by Crippen LogP contribution is -2.42. The molecule has 2 N–H and O–H groups in total. The van der Waals surface area contributed by atoms with Gasteiger partial charge in [0.15, 0.2) is 17.2 Å². The van der Waals surface area contributed by atoms with Gasteiger partial charge < -0.3 is 24.6 Å². The van der Waals surface area contributed by atoms with Crippen molar-refractivity contribution in [3.63, 3.8) is 0 Å². The summed E-state index contributed by atoms with van der Waals surface area (Å²) in [6.45, 7) is 4.33. The fraction of sp³-hybridized carbons (Fsp3) is 0.371. The molecule has 1 saturated heterocycles. The van der Waals surface area contributed by atoms with Gasteiger partial charge in [-0.2, -0.15) is 0 Å². The predicted molar refractivity (Wildman–Crippen MR) is 170 cm³/mol. The molecule has 4 atom stereocenters. The van der Waals surface area contributed by atoms with E-state index in [9.17, 15) is 13.9 Å². The molecule has 8 heteroatoms. The monoisotopic (exact) mass is 655 g/mol. The molecule has 0 radical (unpaired) electrons. The quantitative estimate of drug-likeness (QED) is 0.214. The summed E-state index contributed by atoms with van der Waals surface area (Å²) in [4.78, 5) is -0.681. The Morgan fingerprint density at radius 1 is 1.02 bits per heavy atom. The summed E-state index contributed by atoms with van der Waals surface area (Å²) >= 11 is 3.53. The van der Waals surface area contributed by atoms with E-state index in [0.29, 0.717) is 28.7 Å². The number of halogens is 3. The van der Waals surface area contributed by atoms with Crippen LogP contribution in [0.4, 0.5) is 8.78 Å². The highest BCUT2D eigenvalue weighted by Gasteiger charge is 2.46. The molecule has 1 aliphatic carbocycles. The zero-order valence-corrected chi connectivity index (χ0v) is 26.2. The first-order chi connectivity index (χ1) is 20.9. The number of piperidine rings is 1. The molecule has 1 aliphatic heterocycles. The van der Waals surface area contributed by atoms with Crippen molar-refractivity contribution >= 4 is 15.9 Å². The second kappa shape index (κ2) is 16.0. The Morgan fingerprint density at radius 2 is 1.72 bits per heavy atom. The number of aliphatic hydroxyl groups is 1. The van der Waals surface area contributed by atoms with E-state index in [1.54, 1.807) is 24.3 Å². The van der Waals surface area contributed by atoms with Gasteiger partial charge in [0.2, 0.25) is 0 Å². The Labute approximate surface area is 261 Å². The van der Waals surface area contributed by atoms with Gasteiger partial charge >= 0.3 is 0 Å². The van der Waals surface area contributed by atoms with Crippen LogP contribution in [0.25, 0.3) is 0 Å². The van der Waals surface area contributed by atoms with Crippen LogP contribution in [0.2, 0.25) is 0 Å². The standard InChI is InChI=1S/C25H19BrF2O3.C10H21NO/c1-29-23-16-25(24(26)15-21(23)28,31-19-10-6-3-7-11-19)20-14-17(27)12-13-22(20)30-18-8-4-2-5-9-18;1-2-3-6-10(12)9-5-4-7-11-8-9/h2-16,24H,1H3;9-12H,2-8H2,1H3/t24?,25-;9-,10?/m01/s1. The van der Waals surface area contributed by atoms with Crippen LogP contribution in [0.5, 0.6) is 17.2 Å². The summed E-state index contributed by atoms with van der Waals surface area (Å²) in [6, 6.07) is 22.3. The van der Waals surface area contributed by atoms with E-state index in [1.165, 1.54) is 56.7 Å². The largest absolute Gasteiger partial charge is 0.494 e. The average molecular weight is 657 g/mol. The van der Waals surface area contributed by atoms with Crippen molar-refractivity contribution in [1.82, 2.24) is 5.32 Å². The van der Waals surface area contributed by atoms with Gasteiger partial charge in [-0.05, 0) is 80.3 Å². The van der Waals surface area contributed by atoms with Gasteiger partial charge in [0, 0.05) is 18.2 Å².